The van der Waals surface area contributed by atoms with E-state index in [1.165, 1.54) is 38.5 Å². The van der Waals surface area contributed by atoms with Gasteiger partial charge in [-0.05, 0) is 31.8 Å². The maximum absolute atomic E-state index is 5.46. The third kappa shape index (κ3) is 8.02. The van der Waals surface area contributed by atoms with Crippen LogP contribution in [0, 0.1) is 5.92 Å². The Morgan fingerprint density at radius 3 is 2.08 bits per heavy atom. The quantitative estimate of drug-likeness (QED) is 0.549. The molecule has 0 radical (unpaired) electrons. The molecule has 0 saturated carbocycles. The van der Waals surface area contributed by atoms with Crippen LogP contribution in [-0.4, -0.2) is 13.1 Å². The van der Waals surface area contributed by atoms with Crippen LogP contribution in [-0.2, 0) is 0 Å². The predicted octanol–water partition coefficient (Wildman–Crippen LogP) is 1.88. The second kappa shape index (κ2) is 9.01. The van der Waals surface area contributed by atoms with Crippen molar-refractivity contribution in [2.75, 3.05) is 13.1 Å². The minimum absolute atomic E-state index is 0.813. The Morgan fingerprint density at radius 2 is 1.50 bits per heavy atom. The molecule has 0 spiro atoms. The molecule has 0 saturated heterocycles. The molecule has 2 heteroatoms. The Bertz CT molecular complexity index is 83.9. The van der Waals surface area contributed by atoms with E-state index in [-0.39, 0.29) is 0 Å². The molecule has 12 heavy (non-hydrogen) atoms. The average Bonchev–Trinajstić information content (AvgIpc) is 2.05. The van der Waals surface area contributed by atoms with Crippen molar-refractivity contribution in [3.63, 3.8) is 0 Å². The largest absolute Gasteiger partial charge is 0.330 e. The summed E-state index contributed by atoms with van der Waals surface area (Å²) in [5, 5.41) is 0. The molecule has 0 aromatic rings. The highest BCUT2D eigenvalue weighted by atomic mass is 14.5. The first-order valence-electron chi connectivity index (χ1n) is 5.21. The molecule has 0 aromatic carbocycles. The van der Waals surface area contributed by atoms with Gasteiger partial charge in [0.2, 0.25) is 0 Å². The van der Waals surface area contributed by atoms with E-state index in [4.69, 9.17) is 11.5 Å². The smallest absolute Gasteiger partial charge is 0.00747 e. The molecule has 0 aliphatic rings. The number of hydrogen-bond acceptors (Lipinski definition) is 2. The monoisotopic (exact) mass is 172 g/mol. The Labute approximate surface area is 76.7 Å². The second-order valence-corrected chi connectivity index (χ2v) is 3.67. The Balaban J connectivity index is 2.97. The average molecular weight is 172 g/mol. The van der Waals surface area contributed by atoms with E-state index in [1.807, 2.05) is 0 Å². The molecule has 2 nitrogen and oxygen atoms in total. The summed E-state index contributed by atoms with van der Waals surface area (Å²) < 4.78 is 0. The van der Waals surface area contributed by atoms with Crippen molar-refractivity contribution in [2.45, 2.75) is 45.4 Å². The summed E-state index contributed by atoms with van der Waals surface area (Å²) in [6.07, 6.45) is 7.68. The highest BCUT2D eigenvalue weighted by Crippen LogP contribution is 2.12. The number of rotatable bonds is 8. The summed E-state index contributed by atoms with van der Waals surface area (Å²) in [7, 11) is 0. The van der Waals surface area contributed by atoms with E-state index in [0.717, 1.165) is 19.0 Å². The molecular weight excluding hydrogens is 148 g/mol. The third-order valence-electron chi connectivity index (χ3n) is 2.31. The fraction of sp³-hybridized carbons (Fsp3) is 1.00. The van der Waals surface area contributed by atoms with Crippen molar-refractivity contribution in [2.24, 2.45) is 17.4 Å². The Hall–Kier alpha value is -0.0800. The van der Waals surface area contributed by atoms with Crippen LogP contribution in [0.5, 0.6) is 0 Å². The van der Waals surface area contributed by atoms with Crippen LogP contribution < -0.4 is 11.5 Å². The first kappa shape index (κ1) is 11.9. The van der Waals surface area contributed by atoms with Crippen LogP contribution in [0.25, 0.3) is 0 Å². The molecule has 0 aliphatic carbocycles. The van der Waals surface area contributed by atoms with Crippen molar-refractivity contribution in [3.8, 4) is 0 Å². The van der Waals surface area contributed by atoms with Gasteiger partial charge in [-0.3, -0.25) is 0 Å². The van der Waals surface area contributed by atoms with Gasteiger partial charge in [0.15, 0.2) is 0 Å². The minimum Gasteiger partial charge on any atom is -0.330 e. The van der Waals surface area contributed by atoms with Crippen molar-refractivity contribution in [1.82, 2.24) is 0 Å². The van der Waals surface area contributed by atoms with E-state index in [2.05, 4.69) is 6.92 Å². The van der Waals surface area contributed by atoms with Crippen LogP contribution in [0.15, 0.2) is 0 Å². The molecule has 1 atom stereocenters. The predicted molar refractivity (Wildman–Crippen MR) is 55.0 cm³/mol. The summed E-state index contributed by atoms with van der Waals surface area (Å²) >= 11 is 0. The van der Waals surface area contributed by atoms with E-state index in [1.54, 1.807) is 0 Å². The van der Waals surface area contributed by atoms with E-state index >= 15 is 0 Å². The summed E-state index contributed by atoms with van der Waals surface area (Å²) in [6, 6.07) is 0. The Morgan fingerprint density at radius 1 is 0.833 bits per heavy atom. The summed E-state index contributed by atoms with van der Waals surface area (Å²) in [6.45, 7) is 3.97. The maximum Gasteiger partial charge on any atom is -0.00747 e. The highest BCUT2D eigenvalue weighted by molar-refractivity contribution is 4.54. The summed E-state index contributed by atoms with van der Waals surface area (Å²) in [5.41, 5.74) is 10.9. The summed E-state index contributed by atoms with van der Waals surface area (Å²) in [4.78, 5) is 0. The summed E-state index contributed by atoms with van der Waals surface area (Å²) in [5.74, 6) is 0.813. The normalized spacial score (nSPS) is 13.2. The van der Waals surface area contributed by atoms with E-state index in [0.29, 0.717) is 0 Å². The first-order chi connectivity index (χ1) is 5.81. The van der Waals surface area contributed by atoms with Crippen molar-refractivity contribution >= 4 is 0 Å². The van der Waals surface area contributed by atoms with Gasteiger partial charge in [-0.2, -0.15) is 0 Å². The molecule has 0 rings (SSSR count). The van der Waals surface area contributed by atoms with Gasteiger partial charge in [0.1, 0.15) is 0 Å². The van der Waals surface area contributed by atoms with Gasteiger partial charge in [-0.1, -0.05) is 32.6 Å². The molecule has 1 unspecified atom stereocenters. The fourth-order valence-corrected chi connectivity index (χ4v) is 1.42. The highest BCUT2D eigenvalue weighted by Gasteiger charge is 1.99. The number of hydrogen-bond donors (Lipinski definition) is 2. The molecule has 4 N–H and O–H groups in total. The number of unbranched alkanes of at least 4 members (excludes halogenated alkanes) is 3. The zero-order valence-corrected chi connectivity index (χ0v) is 8.39. The van der Waals surface area contributed by atoms with Crippen LogP contribution in [0.2, 0.25) is 0 Å². The van der Waals surface area contributed by atoms with Crippen LogP contribution >= 0.6 is 0 Å². The lowest BCUT2D eigenvalue weighted by molar-refractivity contribution is 0.464. The topological polar surface area (TPSA) is 52.0 Å². The molecular formula is C10H24N2. The van der Waals surface area contributed by atoms with Crippen LogP contribution in [0.3, 0.4) is 0 Å². The molecule has 0 fully saturated rings. The molecule has 74 valence electrons. The molecule has 0 aliphatic heterocycles. The third-order valence-corrected chi connectivity index (χ3v) is 2.31. The lowest BCUT2D eigenvalue weighted by Crippen LogP contribution is -2.05. The minimum atomic E-state index is 0.813. The van der Waals surface area contributed by atoms with E-state index < -0.39 is 0 Å². The van der Waals surface area contributed by atoms with Gasteiger partial charge in [0, 0.05) is 0 Å². The fourth-order valence-electron chi connectivity index (χ4n) is 1.42. The van der Waals surface area contributed by atoms with Gasteiger partial charge in [0.25, 0.3) is 0 Å². The standard InChI is InChI=1S/C10H24N2/c1-10(7-9-12)6-4-2-3-5-8-11/h10H,2-9,11-12H2,1H3. The Kier molecular flexibility index (Phi) is 8.95. The second-order valence-electron chi connectivity index (χ2n) is 3.67. The lowest BCUT2D eigenvalue weighted by atomic mass is 9.99. The van der Waals surface area contributed by atoms with Crippen LogP contribution in [0.1, 0.15) is 45.4 Å². The van der Waals surface area contributed by atoms with Crippen molar-refractivity contribution in [1.29, 1.82) is 0 Å². The zero-order valence-electron chi connectivity index (χ0n) is 8.39. The van der Waals surface area contributed by atoms with Crippen molar-refractivity contribution < 1.29 is 0 Å². The van der Waals surface area contributed by atoms with Gasteiger partial charge < -0.3 is 11.5 Å². The van der Waals surface area contributed by atoms with Gasteiger partial charge in [-0.25, -0.2) is 0 Å². The van der Waals surface area contributed by atoms with Crippen molar-refractivity contribution in [3.05, 3.63) is 0 Å². The molecule has 0 aromatic heterocycles. The van der Waals surface area contributed by atoms with Gasteiger partial charge in [-0.15, -0.1) is 0 Å². The molecule has 0 heterocycles. The van der Waals surface area contributed by atoms with Gasteiger partial charge in [0.05, 0.1) is 0 Å². The molecule has 0 amide bonds. The molecule has 0 bridgehead atoms. The van der Waals surface area contributed by atoms with E-state index in [9.17, 15) is 0 Å². The van der Waals surface area contributed by atoms with Gasteiger partial charge >= 0.3 is 0 Å². The lowest BCUT2D eigenvalue weighted by Gasteiger charge is -2.08. The first-order valence-corrected chi connectivity index (χ1v) is 5.21. The van der Waals surface area contributed by atoms with Crippen LogP contribution in [0.4, 0.5) is 0 Å². The number of nitrogens with two attached hydrogens (primary N) is 2. The zero-order chi connectivity index (χ0) is 9.23. The SMILES string of the molecule is CC(CCN)CCCCCCN. The maximum atomic E-state index is 5.46.